The van der Waals surface area contributed by atoms with Gasteiger partial charge in [-0.15, -0.1) is 0 Å². The van der Waals surface area contributed by atoms with E-state index in [4.69, 9.17) is 14.0 Å². The van der Waals surface area contributed by atoms with E-state index in [0.29, 0.717) is 5.76 Å². The minimum absolute atomic E-state index is 0. The fraction of sp³-hybridized carbons (Fsp3) is 0.0588. The summed E-state index contributed by atoms with van der Waals surface area (Å²) in [6, 6.07) is 19.3. The van der Waals surface area contributed by atoms with E-state index in [0.717, 1.165) is 5.56 Å². The molecule has 0 spiro atoms. The number of carbonyl (C=O) groups is 1. The Morgan fingerprint density at radius 1 is 1.05 bits per heavy atom. The summed E-state index contributed by atoms with van der Waals surface area (Å²) in [5.74, 6) is 0.0481. The molecule has 0 saturated carbocycles. The molecule has 0 unspecified atom stereocenters. The van der Waals surface area contributed by atoms with Crippen molar-refractivity contribution >= 4 is 11.7 Å². The molecule has 22 heavy (non-hydrogen) atoms. The third kappa shape index (κ3) is 14.2. The standard InChI is InChI=1S/C10H10O2.C5H5.2CO.Mn/c1-8(12-9(2)11)10-6-4-3-5-7-10;1-2-4-5-3-1;2*1-2;/h3-7H,1H2,2H3;1-5H;;;/q;-1;;;. The second-order valence-corrected chi connectivity index (χ2v) is 3.35. The van der Waals surface area contributed by atoms with Crippen LogP contribution in [0, 0.1) is 13.3 Å². The first-order valence-electron chi connectivity index (χ1n) is 5.70. The van der Waals surface area contributed by atoms with Crippen LogP contribution in [-0.4, -0.2) is 5.97 Å². The molecule has 4 nitrogen and oxygen atoms in total. The van der Waals surface area contributed by atoms with E-state index < -0.39 is 0 Å². The van der Waals surface area contributed by atoms with Crippen LogP contribution in [-0.2, 0) is 35.9 Å². The van der Waals surface area contributed by atoms with Crippen molar-refractivity contribution in [2.75, 3.05) is 0 Å². The molecule has 0 fully saturated rings. The van der Waals surface area contributed by atoms with Crippen LogP contribution in [0.5, 0.6) is 0 Å². The van der Waals surface area contributed by atoms with Gasteiger partial charge in [0.2, 0.25) is 0 Å². The van der Waals surface area contributed by atoms with Gasteiger partial charge in [0.05, 0.1) is 0 Å². The van der Waals surface area contributed by atoms with Gasteiger partial charge in [0.1, 0.15) is 5.76 Å². The molecule has 0 aliphatic heterocycles. The fourth-order valence-corrected chi connectivity index (χ4v) is 1.18. The Balaban J connectivity index is -0.000000303. The maximum Gasteiger partial charge on any atom is 0 e. The summed E-state index contributed by atoms with van der Waals surface area (Å²) >= 11 is 0. The summed E-state index contributed by atoms with van der Waals surface area (Å²) in [4.78, 5) is 10.5. The van der Waals surface area contributed by atoms with Gasteiger partial charge in [-0.25, -0.2) is 12.1 Å². The van der Waals surface area contributed by atoms with Gasteiger partial charge in [-0.3, -0.25) is 4.79 Å². The molecule has 0 aliphatic carbocycles. The minimum atomic E-state index is -0.344. The SMILES string of the molecule is C=C(OC(C)=O)c1ccccc1.[C-]#[O+].[C-]#[O+].[Mn].c1cc[cH-]c1. The zero-order valence-electron chi connectivity index (χ0n) is 12.0. The average Bonchev–Trinajstić information content (AvgIpc) is 3.11. The van der Waals surface area contributed by atoms with E-state index in [1.807, 2.05) is 60.7 Å². The molecule has 2 aromatic carbocycles. The smallest absolute Gasteiger partial charge is 0 e. The summed E-state index contributed by atoms with van der Waals surface area (Å²) in [6.07, 6.45) is 0. The van der Waals surface area contributed by atoms with Crippen molar-refractivity contribution in [2.45, 2.75) is 6.92 Å². The predicted octanol–water partition coefficient (Wildman–Crippen LogP) is 3.55. The van der Waals surface area contributed by atoms with Crippen molar-refractivity contribution in [1.29, 1.82) is 0 Å². The van der Waals surface area contributed by atoms with Gasteiger partial charge in [-0.2, -0.15) is 18.2 Å². The van der Waals surface area contributed by atoms with Crippen LogP contribution < -0.4 is 0 Å². The van der Waals surface area contributed by atoms with Crippen LogP contribution in [0.2, 0.25) is 0 Å². The minimum Gasteiger partial charge on any atom is -0.214 e. The van der Waals surface area contributed by atoms with Gasteiger partial charge in [0.15, 0.2) is 0 Å². The second kappa shape index (κ2) is 18.8. The monoisotopic (exact) mass is 338 g/mol. The summed E-state index contributed by atoms with van der Waals surface area (Å²) < 4.78 is 19.8. The van der Waals surface area contributed by atoms with Gasteiger partial charge in [-0.1, -0.05) is 36.9 Å². The Bertz CT molecular complexity index is 504. The molecule has 0 amide bonds. The molecule has 0 heterocycles. The van der Waals surface area contributed by atoms with E-state index in [2.05, 4.69) is 19.9 Å². The first kappa shape index (κ1) is 24.8. The van der Waals surface area contributed by atoms with Gasteiger partial charge in [0.25, 0.3) is 0 Å². The van der Waals surface area contributed by atoms with E-state index in [-0.39, 0.29) is 23.0 Å². The normalized spacial score (nSPS) is 6.95. The number of benzene rings is 1. The Labute approximate surface area is 141 Å². The van der Waals surface area contributed by atoms with Crippen molar-refractivity contribution in [2.24, 2.45) is 0 Å². The van der Waals surface area contributed by atoms with Gasteiger partial charge >= 0.3 is 28.6 Å². The van der Waals surface area contributed by atoms with Gasteiger partial charge in [-0.05, 0) is 0 Å². The second-order valence-electron chi connectivity index (χ2n) is 3.35. The fourth-order valence-electron chi connectivity index (χ4n) is 1.18. The van der Waals surface area contributed by atoms with Crippen LogP contribution in [0.15, 0.2) is 67.2 Å². The number of carbonyl (C=O) groups excluding carboxylic acids is 1. The number of ether oxygens (including phenoxy) is 1. The van der Waals surface area contributed by atoms with Crippen molar-refractivity contribution < 1.29 is 35.9 Å². The zero-order chi connectivity index (χ0) is 16.5. The molecule has 0 saturated heterocycles. The van der Waals surface area contributed by atoms with E-state index >= 15 is 0 Å². The quantitative estimate of drug-likeness (QED) is 0.276. The molecule has 0 aliphatic rings. The topological polar surface area (TPSA) is 66.1 Å². The van der Waals surface area contributed by atoms with Crippen LogP contribution in [0.1, 0.15) is 12.5 Å². The Morgan fingerprint density at radius 2 is 1.50 bits per heavy atom. The maximum absolute atomic E-state index is 10.5. The van der Waals surface area contributed by atoms with Crippen LogP contribution in [0.25, 0.3) is 5.76 Å². The van der Waals surface area contributed by atoms with Crippen molar-refractivity contribution in [1.82, 2.24) is 0 Å². The molecule has 0 aromatic heterocycles. The molecular formula is C17H15MnO4-. The average molecular weight is 338 g/mol. The summed E-state index contributed by atoms with van der Waals surface area (Å²) in [6.45, 7) is 14.0. The van der Waals surface area contributed by atoms with E-state index in [9.17, 15) is 4.79 Å². The molecule has 2 rings (SSSR count). The van der Waals surface area contributed by atoms with Gasteiger partial charge < -0.3 is 4.74 Å². The third-order valence-corrected chi connectivity index (χ3v) is 1.92. The molecule has 2 aromatic rings. The number of hydrogen-bond donors (Lipinski definition) is 0. The summed E-state index contributed by atoms with van der Waals surface area (Å²) in [5.41, 5.74) is 0.827. The number of hydrogen-bond acceptors (Lipinski definition) is 2. The van der Waals surface area contributed by atoms with Crippen LogP contribution in [0.4, 0.5) is 0 Å². The largest absolute Gasteiger partial charge is 0.214 e. The number of rotatable bonds is 2. The summed E-state index contributed by atoms with van der Waals surface area (Å²) in [7, 11) is 0. The van der Waals surface area contributed by atoms with E-state index in [1.165, 1.54) is 6.92 Å². The van der Waals surface area contributed by atoms with Crippen LogP contribution in [0.3, 0.4) is 0 Å². The summed E-state index contributed by atoms with van der Waals surface area (Å²) in [5, 5.41) is 0. The van der Waals surface area contributed by atoms with Crippen molar-refractivity contribution in [3.63, 3.8) is 0 Å². The molecule has 0 bridgehead atoms. The molecule has 115 valence electrons. The predicted molar refractivity (Wildman–Crippen MR) is 77.1 cm³/mol. The molecule has 5 heteroatoms. The van der Waals surface area contributed by atoms with Crippen LogP contribution >= 0.6 is 0 Å². The Kier molecular flexibility index (Phi) is 21.1. The van der Waals surface area contributed by atoms with Crippen molar-refractivity contribution in [3.8, 4) is 0 Å². The first-order chi connectivity index (χ1) is 10.2. The van der Waals surface area contributed by atoms with Gasteiger partial charge in [0, 0.05) is 29.6 Å². The molecule has 1 radical (unpaired) electrons. The maximum atomic E-state index is 10.5. The van der Waals surface area contributed by atoms with E-state index in [1.54, 1.807) is 0 Å². The first-order valence-corrected chi connectivity index (χ1v) is 5.70. The number of esters is 1. The zero-order valence-corrected chi connectivity index (χ0v) is 13.2. The molecule has 0 N–H and O–H groups in total. The Hall–Kier alpha value is -2.22. The molecule has 0 atom stereocenters. The van der Waals surface area contributed by atoms with Crippen molar-refractivity contribution in [3.05, 3.63) is 86.1 Å². The third-order valence-electron chi connectivity index (χ3n) is 1.92. The Morgan fingerprint density at radius 3 is 1.82 bits per heavy atom. The molecular weight excluding hydrogens is 323 g/mol.